The van der Waals surface area contributed by atoms with Gasteiger partial charge < -0.3 is 15.1 Å². The standard InChI is InChI=1S/C29H31N7O2/c1-20-5-7-21(8-6-20)18-34-11-13-35(14-12-34)28(37)22-3-2-4-24(15-22)32-29(38)36-10-9-25-23(19-36)16-30-27-26(25)17-31-33-27/h2-8,15-17H,9-14,18-19H2,1H3,(H,32,38)(H,30,31,33). The predicted molar refractivity (Wildman–Crippen MR) is 146 cm³/mol. The average Bonchev–Trinajstić information content (AvgIpc) is 3.44. The fourth-order valence-corrected chi connectivity index (χ4v) is 5.30. The molecule has 0 unspecified atom stereocenters. The van der Waals surface area contributed by atoms with E-state index in [1.807, 2.05) is 29.3 Å². The Hall–Kier alpha value is -4.24. The number of fused-ring (bicyclic) bond motifs is 3. The van der Waals surface area contributed by atoms with Gasteiger partial charge in [0.05, 0.1) is 6.20 Å². The molecule has 0 atom stereocenters. The molecular formula is C29H31N7O2. The number of pyridine rings is 1. The van der Waals surface area contributed by atoms with Crippen LogP contribution in [0.25, 0.3) is 11.0 Å². The van der Waals surface area contributed by atoms with Crippen molar-refractivity contribution in [2.75, 3.05) is 38.0 Å². The number of aromatic nitrogens is 3. The molecule has 2 N–H and O–H groups in total. The summed E-state index contributed by atoms with van der Waals surface area (Å²) in [7, 11) is 0. The van der Waals surface area contributed by atoms with Gasteiger partial charge in [0.25, 0.3) is 5.91 Å². The first-order valence-corrected chi connectivity index (χ1v) is 13.1. The lowest BCUT2D eigenvalue weighted by Gasteiger charge is -2.35. The zero-order chi connectivity index (χ0) is 26.1. The summed E-state index contributed by atoms with van der Waals surface area (Å²) < 4.78 is 0. The van der Waals surface area contributed by atoms with E-state index in [2.05, 4.69) is 56.6 Å². The van der Waals surface area contributed by atoms with E-state index in [-0.39, 0.29) is 11.9 Å². The Labute approximate surface area is 221 Å². The lowest BCUT2D eigenvalue weighted by molar-refractivity contribution is 0.0628. The highest BCUT2D eigenvalue weighted by atomic mass is 16.2. The zero-order valence-electron chi connectivity index (χ0n) is 21.5. The van der Waals surface area contributed by atoms with E-state index in [0.717, 1.165) is 42.7 Å². The summed E-state index contributed by atoms with van der Waals surface area (Å²) in [4.78, 5) is 36.8. The van der Waals surface area contributed by atoms with Crippen LogP contribution in [0.3, 0.4) is 0 Å². The number of nitrogens with zero attached hydrogens (tertiary/aromatic N) is 5. The van der Waals surface area contributed by atoms with Gasteiger partial charge in [-0.2, -0.15) is 5.10 Å². The first-order chi connectivity index (χ1) is 18.5. The van der Waals surface area contributed by atoms with Crippen LogP contribution in [0, 0.1) is 6.92 Å². The summed E-state index contributed by atoms with van der Waals surface area (Å²) >= 11 is 0. The van der Waals surface area contributed by atoms with E-state index in [4.69, 9.17) is 0 Å². The normalized spacial score (nSPS) is 15.9. The van der Waals surface area contributed by atoms with E-state index in [1.54, 1.807) is 17.2 Å². The highest BCUT2D eigenvalue weighted by Gasteiger charge is 2.25. The van der Waals surface area contributed by atoms with Crippen LogP contribution in [0.1, 0.15) is 32.6 Å². The summed E-state index contributed by atoms with van der Waals surface area (Å²) in [5.74, 6) is -0.00168. The molecule has 194 valence electrons. The van der Waals surface area contributed by atoms with Gasteiger partial charge in [-0.1, -0.05) is 35.9 Å². The topological polar surface area (TPSA) is 97.5 Å². The summed E-state index contributed by atoms with van der Waals surface area (Å²) in [6.07, 6.45) is 4.36. The van der Waals surface area contributed by atoms with Crippen molar-refractivity contribution in [1.82, 2.24) is 29.9 Å². The Balaban J connectivity index is 1.05. The van der Waals surface area contributed by atoms with E-state index >= 15 is 0 Å². The first kappa shape index (κ1) is 24.1. The lowest BCUT2D eigenvalue weighted by atomic mass is 9.99. The van der Waals surface area contributed by atoms with Gasteiger partial charge in [-0.15, -0.1) is 0 Å². The number of carbonyl (C=O) groups is 2. The van der Waals surface area contributed by atoms with Gasteiger partial charge in [-0.3, -0.25) is 14.8 Å². The quantitative estimate of drug-likeness (QED) is 0.436. The molecule has 0 saturated carbocycles. The fraction of sp³-hybridized carbons (Fsp3) is 0.310. The van der Waals surface area contributed by atoms with Crippen LogP contribution in [0.2, 0.25) is 0 Å². The third kappa shape index (κ3) is 4.97. The number of benzene rings is 2. The molecule has 9 nitrogen and oxygen atoms in total. The van der Waals surface area contributed by atoms with Crippen molar-refractivity contribution in [2.24, 2.45) is 0 Å². The van der Waals surface area contributed by atoms with Gasteiger partial charge >= 0.3 is 6.03 Å². The Morgan fingerprint density at radius 2 is 1.79 bits per heavy atom. The Kier molecular flexibility index (Phi) is 6.51. The van der Waals surface area contributed by atoms with Gasteiger partial charge in [-0.05, 0) is 48.2 Å². The maximum absolute atomic E-state index is 13.2. The number of hydrogen-bond donors (Lipinski definition) is 2. The van der Waals surface area contributed by atoms with Crippen LogP contribution < -0.4 is 5.32 Å². The molecule has 2 aliphatic rings. The summed E-state index contributed by atoms with van der Waals surface area (Å²) in [5.41, 5.74) is 6.76. The maximum atomic E-state index is 13.2. The molecule has 0 aliphatic carbocycles. The van der Waals surface area contributed by atoms with E-state index in [1.165, 1.54) is 16.7 Å². The molecule has 2 aliphatic heterocycles. The number of hydrogen-bond acceptors (Lipinski definition) is 5. The van der Waals surface area contributed by atoms with Crippen LogP contribution in [-0.2, 0) is 19.5 Å². The Bertz CT molecular complexity index is 1470. The maximum Gasteiger partial charge on any atom is 0.322 e. The van der Waals surface area contributed by atoms with Crippen LogP contribution in [0.5, 0.6) is 0 Å². The van der Waals surface area contributed by atoms with Gasteiger partial charge in [-0.25, -0.2) is 9.78 Å². The molecule has 6 rings (SSSR count). The third-order valence-corrected chi connectivity index (χ3v) is 7.51. The Morgan fingerprint density at radius 1 is 0.974 bits per heavy atom. The highest BCUT2D eigenvalue weighted by Crippen LogP contribution is 2.25. The van der Waals surface area contributed by atoms with Gasteiger partial charge in [0.2, 0.25) is 0 Å². The summed E-state index contributed by atoms with van der Waals surface area (Å²) in [5, 5.41) is 11.0. The summed E-state index contributed by atoms with van der Waals surface area (Å²) in [6.45, 7) is 7.14. The van der Waals surface area contributed by atoms with Crippen LogP contribution in [0.4, 0.5) is 10.5 Å². The number of urea groups is 1. The molecule has 4 aromatic rings. The van der Waals surface area contributed by atoms with Gasteiger partial charge in [0.15, 0.2) is 5.65 Å². The molecule has 1 saturated heterocycles. The van der Waals surface area contributed by atoms with Crippen molar-refractivity contribution < 1.29 is 9.59 Å². The zero-order valence-corrected chi connectivity index (χ0v) is 21.5. The molecule has 2 aromatic heterocycles. The molecule has 38 heavy (non-hydrogen) atoms. The molecule has 0 spiro atoms. The Morgan fingerprint density at radius 3 is 2.61 bits per heavy atom. The second-order valence-electron chi connectivity index (χ2n) is 10.1. The minimum Gasteiger partial charge on any atom is -0.336 e. The van der Waals surface area contributed by atoms with Crippen molar-refractivity contribution in [2.45, 2.75) is 26.4 Å². The average molecular weight is 510 g/mol. The number of amides is 3. The molecule has 0 radical (unpaired) electrons. The second kappa shape index (κ2) is 10.3. The number of aryl methyl sites for hydroxylation is 1. The number of nitrogens with one attached hydrogen (secondary N) is 2. The molecule has 3 amide bonds. The first-order valence-electron chi connectivity index (χ1n) is 13.1. The van der Waals surface area contributed by atoms with E-state index in [0.29, 0.717) is 37.4 Å². The minimum atomic E-state index is -0.183. The smallest absolute Gasteiger partial charge is 0.322 e. The number of rotatable bonds is 4. The molecular weight excluding hydrogens is 478 g/mol. The molecule has 1 fully saturated rings. The van der Waals surface area contributed by atoms with Crippen molar-refractivity contribution in [3.05, 3.63) is 88.7 Å². The van der Waals surface area contributed by atoms with Gasteiger partial charge in [0.1, 0.15) is 0 Å². The lowest BCUT2D eigenvalue weighted by Crippen LogP contribution is -2.48. The largest absolute Gasteiger partial charge is 0.336 e. The van der Waals surface area contributed by atoms with Gasteiger partial charge in [0, 0.05) is 68.6 Å². The van der Waals surface area contributed by atoms with Crippen LogP contribution >= 0.6 is 0 Å². The van der Waals surface area contributed by atoms with Crippen LogP contribution in [0.15, 0.2) is 60.9 Å². The highest BCUT2D eigenvalue weighted by molar-refractivity contribution is 5.97. The fourth-order valence-electron chi connectivity index (χ4n) is 5.30. The predicted octanol–water partition coefficient (Wildman–Crippen LogP) is 3.81. The number of H-pyrrole nitrogens is 1. The van der Waals surface area contributed by atoms with Crippen LogP contribution in [-0.4, -0.2) is 74.5 Å². The number of aromatic amines is 1. The van der Waals surface area contributed by atoms with E-state index < -0.39 is 0 Å². The summed E-state index contributed by atoms with van der Waals surface area (Å²) in [6, 6.07) is 15.7. The molecule has 2 aromatic carbocycles. The number of anilines is 1. The van der Waals surface area contributed by atoms with Crippen molar-refractivity contribution in [1.29, 1.82) is 0 Å². The van der Waals surface area contributed by atoms with Crippen molar-refractivity contribution in [3.8, 4) is 0 Å². The molecule has 4 heterocycles. The minimum absolute atomic E-state index is 0.00168. The number of piperazine rings is 1. The monoisotopic (exact) mass is 509 g/mol. The van der Waals surface area contributed by atoms with E-state index in [9.17, 15) is 9.59 Å². The van der Waals surface area contributed by atoms with Crippen molar-refractivity contribution in [3.63, 3.8) is 0 Å². The number of carbonyl (C=O) groups excluding carboxylic acids is 2. The second-order valence-corrected chi connectivity index (χ2v) is 10.1. The molecule has 0 bridgehead atoms. The molecule has 9 heteroatoms. The third-order valence-electron chi connectivity index (χ3n) is 7.51. The SMILES string of the molecule is Cc1ccc(CN2CCN(C(=O)c3cccc(NC(=O)N4CCc5c(cnc6[nH]ncc56)C4)c3)CC2)cc1. The van der Waals surface area contributed by atoms with Crippen molar-refractivity contribution >= 4 is 28.7 Å².